The lowest BCUT2D eigenvalue weighted by atomic mass is 9.84. The predicted octanol–water partition coefficient (Wildman–Crippen LogP) is -3.63. The van der Waals surface area contributed by atoms with E-state index in [9.17, 15) is 30.0 Å². The van der Waals surface area contributed by atoms with Crippen molar-refractivity contribution in [3.63, 3.8) is 0 Å². The number of hydrogen-bond donors (Lipinski definition) is 6. The van der Waals surface area contributed by atoms with Gasteiger partial charge in [0.25, 0.3) is 0 Å². The maximum atomic E-state index is 10.6. The summed E-state index contributed by atoms with van der Waals surface area (Å²) >= 11 is 0. The van der Waals surface area contributed by atoms with E-state index in [1.807, 2.05) is 0 Å². The van der Waals surface area contributed by atoms with Crippen LogP contribution in [0.25, 0.3) is 0 Å². The van der Waals surface area contributed by atoms with Crippen LogP contribution < -0.4 is 11.5 Å². The molecule has 0 aliphatic heterocycles. The van der Waals surface area contributed by atoms with Crippen LogP contribution in [0.2, 0.25) is 0 Å². The number of hydrogen-bond acceptors (Lipinski definition) is 8. The fourth-order valence-corrected chi connectivity index (χ4v) is 1.73. The van der Waals surface area contributed by atoms with Gasteiger partial charge in [0.15, 0.2) is 12.2 Å². The van der Waals surface area contributed by atoms with Crippen LogP contribution in [0.4, 0.5) is 9.59 Å². The Balaban J connectivity index is 2.92. The summed E-state index contributed by atoms with van der Waals surface area (Å²) in [6.45, 7) is 0. The number of ether oxygens (including phenoxy) is 2. The predicted molar refractivity (Wildman–Crippen MR) is 52.9 cm³/mol. The van der Waals surface area contributed by atoms with Crippen LogP contribution in [-0.2, 0) is 9.47 Å². The van der Waals surface area contributed by atoms with Gasteiger partial charge < -0.3 is 41.4 Å². The highest BCUT2D eigenvalue weighted by atomic mass is 16.6. The Morgan fingerprint density at radius 2 is 1.06 bits per heavy atom. The second kappa shape index (κ2) is 5.35. The van der Waals surface area contributed by atoms with Crippen molar-refractivity contribution in [2.75, 3.05) is 0 Å². The molecule has 1 saturated carbocycles. The van der Waals surface area contributed by atoms with Crippen molar-refractivity contribution in [2.45, 2.75) is 36.6 Å². The molecule has 0 aromatic heterocycles. The van der Waals surface area contributed by atoms with E-state index in [4.69, 9.17) is 11.5 Å². The van der Waals surface area contributed by atoms with Crippen molar-refractivity contribution in [3.8, 4) is 0 Å². The molecular weight excluding hydrogens is 252 g/mol. The maximum absolute atomic E-state index is 10.6. The molecule has 0 heterocycles. The zero-order chi connectivity index (χ0) is 14.0. The Morgan fingerprint density at radius 3 is 1.33 bits per heavy atom. The molecule has 18 heavy (non-hydrogen) atoms. The fourth-order valence-electron chi connectivity index (χ4n) is 1.73. The Morgan fingerprint density at radius 1 is 0.722 bits per heavy atom. The van der Waals surface area contributed by atoms with E-state index in [1.54, 1.807) is 0 Å². The minimum Gasteiger partial charge on any atom is -0.441 e. The van der Waals surface area contributed by atoms with E-state index in [2.05, 4.69) is 9.47 Å². The number of carbonyl (C=O) groups excluding carboxylic acids is 2. The molecule has 10 nitrogen and oxygen atoms in total. The smallest absolute Gasteiger partial charge is 0.404 e. The molecule has 1 fully saturated rings. The van der Waals surface area contributed by atoms with E-state index in [0.717, 1.165) is 0 Å². The first-order chi connectivity index (χ1) is 8.25. The van der Waals surface area contributed by atoms with Crippen LogP contribution in [0.15, 0.2) is 0 Å². The number of amides is 2. The first-order valence-electron chi connectivity index (χ1n) is 4.90. The summed E-state index contributed by atoms with van der Waals surface area (Å²) in [6.07, 6.45) is -13.2. The van der Waals surface area contributed by atoms with Gasteiger partial charge in [-0.05, 0) is 0 Å². The Hall–Kier alpha value is -1.62. The van der Waals surface area contributed by atoms with Gasteiger partial charge in [-0.2, -0.15) is 0 Å². The molecule has 0 radical (unpaired) electrons. The molecule has 2 unspecified atom stereocenters. The highest BCUT2D eigenvalue weighted by Crippen LogP contribution is 2.26. The molecule has 0 bridgehead atoms. The van der Waals surface area contributed by atoms with Crippen LogP contribution in [0.5, 0.6) is 0 Å². The minimum atomic E-state index is -1.82. The van der Waals surface area contributed by atoms with Crippen molar-refractivity contribution in [3.05, 3.63) is 0 Å². The number of aliphatic hydroxyl groups is 4. The van der Waals surface area contributed by atoms with Gasteiger partial charge in [-0.25, -0.2) is 9.59 Å². The van der Waals surface area contributed by atoms with Gasteiger partial charge in [0.1, 0.15) is 24.4 Å². The molecular formula is C8H14N2O8. The average Bonchev–Trinajstić information content (AvgIpc) is 2.27. The molecule has 6 atom stereocenters. The number of aliphatic hydroxyl groups excluding tert-OH is 4. The molecule has 8 N–H and O–H groups in total. The molecule has 0 aromatic rings. The standard InChI is InChI=1S/C8H14N2O8/c9-7(15)17-5-2(12)1(11)3(13)6(4(5)14)18-8(10)16/h1-6,11-14H,(H2,9,15)(H2,10,16)/t1?,2-,3+,4?,5+,6-. The monoisotopic (exact) mass is 266 g/mol. The quantitative estimate of drug-likeness (QED) is 0.295. The minimum absolute atomic E-state index is 1.32. The summed E-state index contributed by atoms with van der Waals surface area (Å²) in [4.78, 5) is 21.2. The Kier molecular flexibility index (Phi) is 4.29. The van der Waals surface area contributed by atoms with E-state index in [1.165, 1.54) is 0 Å². The summed E-state index contributed by atoms with van der Waals surface area (Å²) in [6, 6.07) is 0. The van der Waals surface area contributed by atoms with Crippen molar-refractivity contribution < 1.29 is 39.5 Å². The van der Waals surface area contributed by atoms with Gasteiger partial charge >= 0.3 is 12.2 Å². The average molecular weight is 266 g/mol. The molecule has 10 heteroatoms. The third-order valence-corrected chi connectivity index (χ3v) is 2.55. The number of nitrogens with two attached hydrogens (primary N) is 2. The van der Waals surface area contributed by atoms with Gasteiger partial charge in [-0.15, -0.1) is 0 Å². The third kappa shape index (κ3) is 2.79. The second-order valence-corrected chi connectivity index (χ2v) is 3.77. The zero-order valence-corrected chi connectivity index (χ0v) is 9.04. The van der Waals surface area contributed by atoms with Gasteiger partial charge in [0.05, 0.1) is 0 Å². The summed E-state index contributed by atoms with van der Waals surface area (Å²) in [7, 11) is 0. The maximum Gasteiger partial charge on any atom is 0.404 e. The van der Waals surface area contributed by atoms with Crippen molar-refractivity contribution in [1.29, 1.82) is 0 Å². The van der Waals surface area contributed by atoms with E-state index in [-0.39, 0.29) is 0 Å². The largest absolute Gasteiger partial charge is 0.441 e. The normalized spacial score (nSPS) is 40.0. The van der Waals surface area contributed by atoms with Crippen LogP contribution >= 0.6 is 0 Å². The van der Waals surface area contributed by atoms with Crippen molar-refractivity contribution >= 4 is 12.2 Å². The van der Waals surface area contributed by atoms with Crippen LogP contribution in [0.3, 0.4) is 0 Å². The molecule has 1 aliphatic rings. The summed E-state index contributed by atoms with van der Waals surface area (Å²) in [5.74, 6) is 0. The van der Waals surface area contributed by atoms with Crippen LogP contribution in [-0.4, -0.2) is 69.2 Å². The lowest BCUT2D eigenvalue weighted by Crippen LogP contribution is -2.66. The fraction of sp³-hybridized carbons (Fsp3) is 0.750. The van der Waals surface area contributed by atoms with Crippen LogP contribution in [0, 0.1) is 0 Å². The van der Waals surface area contributed by atoms with Crippen molar-refractivity contribution in [2.24, 2.45) is 11.5 Å². The first-order valence-corrected chi connectivity index (χ1v) is 4.90. The third-order valence-electron chi connectivity index (χ3n) is 2.55. The highest BCUT2D eigenvalue weighted by Gasteiger charge is 2.52. The summed E-state index contributed by atoms with van der Waals surface area (Å²) in [5.41, 5.74) is 9.43. The molecule has 1 rings (SSSR count). The molecule has 1 aliphatic carbocycles. The number of carbonyl (C=O) groups is 2. The molecule has 2 amide bonds. The first kappa shape index (κ1) is 14.4. The van der Waals surface area contributed by atoms with E-state index in [0.29, 0.717) is 0 Å². The SMILES string of the molecule is NC(=O)O[C@@H]1C(O)[C@H](OC(N)=O)[C@@H](O)C(O)[C@H]1O. The Labute approximate surface area is 101 Å². The van der Waals surface area contributed by atoms with Crippen molar-refractivity contribution in [1.82, 2.24) is 0 Å². The molecule has 104 valence electrons. The van der Waals surface area contributed by atoms with Gasteiger partial charge in [-0.1, -0.05) is 0 Å². The highest BCUT2D eigenvalue weighted by molar-refractivity contribution is 5.65. The topological polar surface area (TPSA) is 186 Å². The molecule has 0 spiro atoms. The number of rotatable bonds is 2. The van der Waals surface area contributed by atoms with Gasteiger partial charge in [-0.3, -0.25) is 0 Å². The van der Waals surface area contributed by atoms with E-state index >= 15 is 0 Å². The van der Waals surface area contributed by atoms with E-state index < -0.39 is 48.8 Å². The van der Waals surface area contributed by atoms with Crippen LogP contribution in [0.1, 0.15) is 0 Å². The van der Waals surface area contributed by atoms with Gasteiger partial charge in [0.2, 0.25) is 0 Å². The Bertz CT molecular complexity index is 307. The summed E-state index contributed by atoms with van der Waals surface area (Å²) < 4.78 is 8.76. The van der Waals surface area contributed by atoms with Gasteiger partial charge in [0, 0.05) is 0 Å². The lowest BCUT2D eigenvalue weighted by Gasteiger charge is -2.41. The molecule has 0 saturated heterocycles. The second-order valence-electron chi connectivity index (χ2n) is 3.77. The zero-order valence-electron chi connectivity index (χ0n) is 9.04. The summed E-state index contributed by atoms with van der Waals surface area (Å²) in [5, 5.41) is 38.2. The lowest BCUT2D eigenvalue weighted by molar-refractivity contribution is -0.221. The number of primary amides is 2. The molecule has 0 aromatic carbocycles.